The average Bonchev–Trinajstić information content (AvgIpc) is 2.47. The first-order valence-corrected chi connectivity index (χ1v) is 6.34. The van der Waals surface area contributed by atoms with E-state index >= 15 is 0 Å². The first-order valence-electron chi connectivity index (χ1n) is 6.34. The van der Waals surface area contributed by atoms with E-state index in [0.29, 0.717) is 18.2 Å². The van der Waals surface area contributed by atoms with E-state index in [4.69, 9.17) is 0 Å². The molecule has 0 heterocycles. The van der Waals surface area contributed by atoms with Gasteiger partial charge in [-0.05, 0) is 36.4 Å². The SMILES string of the molecule is O=C(Nc1ccc(F)c(C(F)(F)F)c1)c1cccc(C(F)(F)F)c1. The molecule has 0 aliphatic heterocycles. The second-order valence-corrected chi connectivity index (χ2v) is 4.73. The van der Waals surface area contributed by atoms with Crippen molar-refractivity contribution >= 4 is 11.6 Å². The molecule has 24 heavy (non-hydrogen) atoms. The number of nitrogens with one attached hydrogen (secondary N) is 1. The molecule has 0 fully saturated rings. The Kier molecular flexibility index (Phi) is 4.54. The van der Waals surface area contributed by atoms with Gasteiger partial charge in [-0.1, -0.05) is 6.07 Å². The Morgan fingerprint density at radius 2 is 1.54 bits per heavy atom. The summed E-state index contributed by atoms with van der Waals surface area (Å²) in [7, 11) is 0. The summed E-state index contributed by atoms with van der Waals surface area (Å²) in [5, 5.41) is 2.00. The standard InChI is InChI=1S/C15H8F7NO/c16-12-5-4-10(7-11(12)15(20,21)22)23-13(24)8-2-1-3-9(6-8)14(17,18)19/h1-7H,(H,23,24). The summed E-state index contributed by atoms with van der Waals surface area (Å²) in [5.41, 5.74) is -3.47. The summed E-state index contributed by atoms with van der Waals surface area (Å²) < 4.78 is 88.7. The summed E-state index contributed by atoms with van der Waals surface area (Å²) in [5.74, 6) is -2.58. The van der Waals surface area contributed by atoms with E-state index in [-0.39, 0.29) is 0 Å². The van der Waals surface area contributed by atoms with Gasteiger partial charge in [0.25, 0.3) is 5.91 Å². The van der Waals surface area contributed by atoms with Gasteiger partial charge in [-0.15, -0.1) is 0 Å². The fourth-order valence-corrected chi connectivity index (χ4v) is 1.86. The van der Waals surface area contributed by atoms with Crippen LogP contribution >= 0.6 is 0 Å². The maximum atomic E-state index is 13.2. The van der Waals surface area contributed by atoms with Crippen LogP contribution < -0.4 is 5.32 Å². The van der Waals surface area contributed by atoms with Crippen LogP contribution in [0, 0.1) is 5.82 Å². The van der Waals surface area contributed by atoms with E-state index in [1.807, 2.05) is 5.32 Å². The zero-order valence-corrected chi connectivity index (χ0v) is 11.6. The molecule has 0 aliphatic carbocycles. The van der Waals surface area contributed by atoms with Crippen LogP contribution in [-0.2, 0) is 12.4 Å². The highest BCUT2D eigenvalue weighted by Crippen LogP contribution is 2.33. The molecule has 2 aromatic carbocycles. The molecule has 1 amide bonds. The number of anilines is 1. The van der Waals surface area contributed by atoms with Crippen molar-refractivity contribution in [2.45, 2.75) is 12.4 Å². The molecule has 0 radical (unpaired) electrons. The summed E-state index contributed by atoms with van der Waals surface area (Å²) >= 11 is 0. The summed E-state index contributed by atoms with van der Waals surface area (Å²) in [6.45, 7) is 0. The highest BCUT2D eigenvalue weighted by Gasteiger charge is 2.34. The third kappa shape index (κ3) is 4.03. The van der Waals surface area contributed by atoms with Crippen LogP contribution in [0.4, 0.5) is 36.4 Å². The predicted molar refractivity (Wildman–Crippen MR) is 70.8 cm³/mol. The van der Waals surface area contributed by atoms with Crippen molar-refractivity contribution < 1.29 is 35.5 Å². The fourth-order valence-electron chi connectivity index (χ4n) is 1.86. The summed E-state index contributed by atoms with van der Waals surface area (Å²) in [6, 6.07) is 5.10. The van der Waals surface area contributed by atoms with E-state index in [2.05, 4.69) is 0 Å². The van der Waals surface area contributed by atoms with Gasteiger partial charge in [0.2, 0.25) is 0 Å². The minimum Gasteiger partial charge on any atom is -0.322 e. The lowest BCUT2D eigenvalue weighted by Gasteiger charge is -2.12. The highest BCUT2D eigenvalue weighted by atomic mass is 19.4. The van der Waals surface area contributed by atoms with Crippen LogP contribution in [0.5, 0.6) is 0 Å². The van der Waals surface area contributed by atoms with E-state index in [1.165, 1.54) is 0 Å². The van der Waals surface area contributed by atoms with Crippen molar-refractivity contribution in [3.63, 3.8) is 0 Å². The zero-order chi connectivity index (χ0) is 18.1. The van der Waals surface area contributed by atoms with Crippen LogP contribution in [0.1, 0.15) is 21.5 Å². The number of rotatable bonds is 2. The predicted octanol–water partition coefficient (Wildman–Crippen LogP) is 5.12. The molecule has 0 bridgehead atoms. The van der Waals surface area contributed by atoms with E-state index in [9.17, 15) is 35.5 Å². The van der Waals surface area contributed by atoms with Crippen LogP contribution in [0.2, 0.25) is 0 Å². The number of benzene rings is 2. The molecular weight excluding hydrogens is 343 g/mol. The first kappa shape index (κ1) is 17.8. The Hall–Kier alpha value is -2.58. The molecule has 0 aromatic heterocycles. The smallest absolute Gasteiger partial charge is 0.322 e. The van der Waals surface area contributed by atoms with E-state index in [1.54, 1.807) is 0 Å². The van der Waals surface area contributed by atoms with Gasteiger partial charge < -0.3 is 5.32 Å². The van der Waals surface area contributed by atoms with Gasteiger partial charge in [0.1, 0.15) is 5.82 Å². The monoisotopic (exact) mass is 351 g/mol. The van der Waals surface area contributed by atoms with Gasteiger partial charge in [-0.25, -0.2) is 4.39 Å². The second kappa shape index (κ2) is 6.14. The number of carbonyl (C=O) groups excluding carboxylic acids is 1. The maximum Gasteiger partial charge on any atom is 0.419 e. The van der Waals surface area contributed by atoms with Crippen LogP contribution in [-0.4, -0.2) is 5.91 Å². The number of alkyl halides is 6. The minimum atomic E-state index is -4.97. The maximum absolute atomic E-state index is 13.2. The van der Waals surface area contributed by atoms with Gasteiger partial charge in [0, 0.05) is 11.3 Å². The third-order valence-corrected chi connectivity index (χ3v) is 2.98. The number of carbonyl (C=O) groups is 1. The van der Waals surface area contributed by atoms with E-state index < -0.39 is 46.5 Å². The van der Waals surface area contributed by atoms with Crippen molar-refractivity contribution in [1.82, 2.24) is 0 Å². The molecule has 0 saturated heterocycles. The normalized spacial score (nSPS) is 12.1. The van der Waals surface area contributed by atoms with Gasteiger partial charge in [0.15, 0.2) is 0 Å². The summed E-state index contributed by atoms with van der Waals surface area (Å²) in [6.07, 6.45) is -9.64. The second-order valence-electron chi connectivity index (χ2n) is 4.73. The highest BCUT2D eigenvalue weighted by molar-refractivity contribution is 6.04. The van der Waals surface area contributed by atoms with Crippen LogP contribution in [0.15, 0.2) is 42.5 Å². The quantitative estimate of drug-likeness (QED) is 0.748. The van der Waals surface area contributed by atoms with Gasteiger partial charge in [-0.3, -0.25) is 4.79 Å². The molecule has 0 unspecified atom stereocenters. The summed E-state index contributed by atoms with van der Waals surface area (Å²) in [4.78, 5) is 11.9. The lowest BCUT2D eigenvalue weighted by molar-refractivity contribution is -0.140. The molecule has 1 N–H and O–H groups in total. The van der Waals surface area contributed by atoms with Crippen molar-refractivity contribution in [3.8, 4) is 0 Å². The molecule has 2 rings (SSSR count). The zero-order valence-electron chi connectivity index (χ0n) is 11.6. The Labute approximate surface area is 130 Å². The van der Waals surface area contributed by atoms with Crippen LogP contribution in [0.3, 0.4) is 0 Å². The lowest BCUT2D eigenvalue weighted by Crippen LogP contribution is -2.15. The van der Waals surface area contributed by atoms with Crippen molar-refractivity contribution in [3.05, 3.63) is 65.0 Å². The Morgan fingerprint density at radius 3 is 2.12 bits per heavy atom. The van der Waals surface area contributed by atoms with Crippen molar-refractivity contribution in [1.29, 1.82) is 0 Å². The number of amides is 1. The molecular formula is C15H8F7NO. The third-order valence-electron chi connectivity index (χ3n) is 2.98. The number of halogens is 7. The first-order chi connectivity index (χ1) is 11.0. The lowest BCUT2D eigenvalue weighted by atomic mass is 10.1. The Bertz CT molecular complexity index is 765. The largest absolute Gasteiger partial charge is 0.419 e. The molecule has 0 spiro atoms. The number of hydrogen-bond acceptors (Lipinski definition) is 1. The molecule has 2 aromatic rings. The topological polar surface area (TPSA) is 29.1 Å². The minimum absolute atomic E-state index is 0.362. The van der Waals surface area contributed by atoms with Crippen molar-refractivity contribution in [2.24, 2.45) is 0 Å². The fraction of sp³-hybridized carbons (Fsp3) is 0.133. The molecule has 0 atom stereocenters. The molecule has 0 saturated carbocycles. The van der Waals surface area contributed by atoms with Crippen molar-refractivity contribution in [2.75, 3.05) is 5.32 Å². The van der Waals surface area contributed by atoms with Gasteiger partial charge in [0.05, 0.1) is 11.1 Å². The van der Waals surface area contributed by atoms with Gasteiger partial charge in [-0.2, -0.15) is 26.3 Å². The molecule has 128 valence electrons. The number of hydrogen-bond donors (Lipinski definition) is 1. The molecule has 2 nitrogen and oxygen atoms in total. The Balaban J connectivity index is 2.28. The molecule has 0 aliphatic rings. The van der Waals surface area contributed by atoms with Gasteiger partial charge >= 0.3 is 12.4 Å². The van der Waals surface area contributed by atoms with Crippen LogP contribution in [0.25, 0.3) is 0 Å². The Morgan fingerprint density at radius 1 is 0.875 bits per heavy atom. The van der Waals surface area contributed by atoms with E-state index in [0.717, 1.165) is 24.3 Å². The molecule has 9 heteroatoms. The average molecular weight is 351 g/mol.